The van der Waals surface area contributed by atoms with Crippen LogP contribution in [0.4, 0.5) is 0 Å². The first kappa shape index (κ1) is 23.1. The summed E-state index contributed by atoms with van der Waals surface area (Å²) in [4.78, 5) is 25.6. The average molecular weight is 460 g/mol. The summed E-state index contributed by atoms with van der Waals surface area (Å²) in [6.07, 6.45) is -1.11. The van der Waals surface area contributed by atoms with Gasteiger partial charge in [-0.25, -0.2) is 9.59 Å². The maximum Gasteiger partial charge on any atom is 0.338 e. The van der Waals surface area contributed by atoms with Crippen molar-refractivity contribution in [3.05, 3.63) is 70.8 Å². The van der Waals surface area contributed by atoms with Gasteiger partial charge in [0.1, 0.15) is 50.9 Å². The Bertz CT molecular complexity index is 1150. The minimum atomic E-state index is -0.843. The van der Waals surface area contributed by atoms with Crippen molar-refractivity contribution >= 4 is 38.6 Å². The molecule has 4 N–H and O–H groups in total. The van der Waals surface area contributed by atoms with Gasteiger partial charge in [0.15, 0.2) is 0 Å². The standard InChI is InChI=1S/C24H22B2O8/c25-21-15(27)5-13(6-16(21)28)23(31)33-19-9-11-3-1-2-4-12(11)10-20(19)34-24(32)14-7-17(29)22(26)18(30)8-14/h1-8,19-20,27-30H,9-10,25-26H2/t19-,20+. The van der Waals surface area contributed by atoms with Crippen LogP contribution in [0.2, 0.25) is 0 Å². The molecule has 0 saturated heterocycles. The minimum Gasteiger partial charge on any atom is -0.508 e. The van der Waals surface area contributed by atoms with Crippen LogP contribution in [0.5, 0.6) is 23.0 Å². The fraction of sp³-hybridized carbons (Fsp3) is 0.167. The van der Waals surface area contributed by atoms with Gasteiger partial charge in [-0.15, -0.1) is 0 Å². The van der Waals surface area contributed by atoms with E-state index in [9.17, 15) is 30.0 Å². The number of phenolic OH excluding ortho intramolecular Hbond substituents is 4. The van der Waals surface area contributed by atoms with Gasteiger partial charge >= 0.3 is 11.9 Å². The highest BCUT2D eigenvalue weighted by molar-refractivity contribution is 6.36. The molecule has 0 amide bonds. The SMILES string of the molecule is Bc1c(O)cc(C(=O)O[C@H]2Cc3ccccc3C[C@H]2OC(=O)c2cc(O)c(B)c(O)c2)cc1O. The van der Waals surface area contributed by atoms with Crippen LogP contribution < -0.4 is 10.9 Å². The van der Waals surface area contributed by atoms with Crippen LogP contribution in [0.3, 0.4) is 0 Å². The van der Waals surface area contributed by atoms with E-state index in [0.717, 1.165) is 11.1 Å². The molecule has 0 unspecified atom stereocenters. The smallest absolute Gasteiger partial charge is 0.338 e. The summed E-state index contributed by atoms with van der Waals surface area (Å²) < 4.78 is 11.3. The molecule has 34 heavy (non-hydrogen) atoms. The number of carbonyl (C=O) groups excluding carboxylic acids is 2. The molecule has 0 aliphatic heterocycles. The van der Waals surface area contributed by atoms with E-state index in [1.807, 2.05) is 24.3 Å². The summed E-state index contributed by atoms with van der Waals surface area (Å²) in [5, 5.41) is 39.8. The lowest BCUT2D eigenvalue weighted by Crippen LogP contribution is -2.41. The first-order valence-corrected chi connectivity index (χ1v) is 10.7. The lowest BCUT2D eigenvalue weighted by Gasteiger charge is -2.32. The van der Waals surface area contributed by atoms with E-state index in [4.69, 9.17) is 9.47 Å². The van der Waals surface area contributed by atoms with Crippen LogP contribution in [0, 0.1) is 0 Å². The Kier molecular flexibility index (Phi) is 6.15. The topological polar surface area (TPSA) is 134 Å². The van der Waals surface area contributed by atoms with E-state index in [1.54, 1.807) is 0 Å². The second-order valence-corrected chi connectivity index (χ2v) is 8.34. The summed E-state index contributed by atoms with van der Waals surface area (Å²) in [6.45, 7) is 0. The average Bonchev–Trinajstić information content (AvgIpc) is 2.80. The van der Waals surface area contributed by atoms with Crippen LogP contribution in [0.1, 0.15) is 31.8 Å². The first-order valence-electron chi connectivity index (χ1n) is 10.7. The van der Waals surface area contributed by atoms with Gasteiger partial charge in [-0.3, -0.25) is 0 Å². The van der Waals surface area contributed by atoms with Crippen molar-refractivity contribution in [2.75, 3.05) is 0 Å². The van der Waals surface area contributed by atoms with Gasteiger partial charge in [0.2, 0.25) is 0 Å². The number of hydrogen-bond acceptors (Lipinski definition) is 8. The monoisotopic (exact) mass is 460 g/mol. The molecule has 4 rings (SSSR count). The molecule has 0 spiro atoms. The molecule has 1 aliphatic carbocycles. The fourth-order valence-corrected chi connectivity index (χ4v) is 3.90. The third-order valence-electron chi connectivity index (χ3n) is 6.07. The zero-order chi connectivity index (χ0) is 24.6. The molecule has 0 fully saturated rings. The second-order valence-electron chi connectivity index (χ2n) is 8.34. The first-order chi connectivity index (χ1) is 16.1. The largest absolute Gasteiger partial charge is 0.508 e. The Labute approximate surface area is 197 Å². The maximum atomic E-state index is 12.8. The zero-order valence-electron chi connectivity index (χ0n) is 18.6. The van der Waals surface area contributed by atoms with Crippen LogP contribution in [-0.4, -0.2) is 60.3 Å². The van der Waals surface area contributed by atoms with Crippen molar-refractivity contribution in [3.8, 4) is 23.0 Å². The lowest BCUT2D eigenvalue weighted by molar-refractivity contribution is -0.0389. The van der Waals surface area contributed by atoms with E-state index < -0.39 is 24.1 Å². The Morgan fingerprint density at radius 2 is 1.00 bits per heavy atom. The molecule has 172 valence electrons. The van der Waals surface area contributed by atoms with Gasteiger partial charge in [-0.05, 0) is 46.3 Å². The molecule has 0 bridgehead atoms. The molecule has 10 heteroatoms. The lowest BCUT2D eigenvalue weighted by atomic mass is 9.87. The van der Waals surface area contributed by atoms with Crippen LogP contribution in [-0.2, 0) is 22.3 Å². The number of esters is 2. The summed E-state index contributed by atoms with van der Waals surface area (Å²) in [5.74, 6) is -2.57. The van der Waals surface area contributed by atoms with E-state index in [-0.39, 0.29) is 57.9 Å². The molecule has 0 radical (unpaired) electrons. The quantitative estimate of drug-likeness (QED) is 0.305. The molecule has 2 atom stereocenters. The van der Waals surface area contributed by atoms with Crippen molar-refractivity contribution < 1.29 is 39.5 Å². The summed E-state index contributed by atoms with van der Waals surface area (Å²) in [6, 6.07) is 12.3. The molecule has 8 nitrogen and oxygen atoms in total. The third kappa shape index (κ3) is 4.52. The van der Waals surface area contributed by atoms with Crippen molar-refractivity contribution in [2.45, 2.75) is 25.0 Å². The molecular weight excluding hydrogens is 438 g/mol. The Morgan fingerprint density at radius 3 is 1.32 bits per heavy atom. The fourth-order valence-electron chi connectivity index (χ4n) is 3.90. The minimum absolute atomic E-state index is 0.0436. The van der Waals surface area contributed by atoms with Crippen molar-refractivity contribution in [2.24, 2.45) is 0 Å². The number of carbonyl (C=O) groups is 2. The van der Waals surface area contributed by atoms with Gasteiger partial charge in [-0.2, -0.15) is 0 Å². The van der Waals surface area contributed by atoms with Crippen molar-refractivity contribution in [1.29, 1.82) is 0 Å². The van der Waals surface area contributed by atoms with Crippen LogP contribution in [0.25, 0.3) is 0 Å². The zero-order valence-corrected chi connectivity index (χ0v) is 18.6. The predicted octanol–water partition coefficient (Wildman–Crippen LogP) is -0.424. The Morgan fingerprint density at radius 1 is 0.676 bits per heavy atom. The van der Waals surface area contributed by atoms with Gasteiger partial charge < -0.3 is 29.9 Å². The number of fused-ring (bicyclic) bond motifs is 1. The van der Waals surface area contributed by atoms with Gasteiger partial charge in [0, 0.05) is 12.8 Å². The highest BCUT2D eigenvalue weighted by Gasteiger charge is 2.35. The number of hydrogen-bond donors (Lipinski definition) is 4. The van der Waals surface area contributed by atoms with Crippen LogP contribution in [0.15, 0.2) is 48.5 Å². The third-order valence-corrected chi connectivity index (χ3v) is 6.07. The highest BCUT2D eigenvalue weighted by Crippen LogP contribution is 2.28. The number of ether oxygens (including phenoxy) is 2. The number of benzene rings is 3. The number of rotatable bonds is 4. The molecule has 3 aromatic rings. The molecular formula is C24H22B2O8. The Hall–Kier alpha value is -4.07. The van der Waals surface area contributed by atoms with Gasteiger partial charge in [0.05, 0.1) is 11.1 Å². The summed E-state index contributed by atoms with van der Waals surface area (Å²) in [7, 11) is 3.02. The Balaban J connectivity index is 1.60. The van der Waals surface area contributed by atoms with E-state index in [2.05, 4.69) is 0 Å². The van der Waals surface area contributed by atoms with E-state index in [1.165, 1.54) is 40.0 Å². The van der Waals surface area contributed by atoms with Gasteiger partial charge in [0.25, 0.3) is 0 Å². The molecule has 0 saturated carbocycles. The maximum absolute atomic E-state index is 12.8. The van der Waals surface area contributed by atoms with Crippen molar-refractivity contribution in [3.63, 3.8) is 0 Å². The molecule has 1 aliphatic rings. The second kappa shape index (κ2) is 9.05. The van der Waals surface area contributed by atoms with Gasteiger partial charge in [-0.1, -0.05) is 24.3 Å². The number of aromatic hydroxyl groups is 4. The highest BCUT2D eigenvalue weighted by atomic mass is 16.6. The predicted molar refractivity (Wildman–Crippen MR) is 128 cm³/mol. The van der Waals surface area contributed by atoms with Crippen molar-refractivity contribution in [1.82, 2.24) is 0 Å². The number of phenols is 4. The normalized spacial score (nSPS) is 16.9. The molecule has 0 heterocycles. The van der Waals surface area contributed by atoms with E-state index >= 15 is 0 Å². The van der Waals surface area contributed by atoms with Crippen LogP contribution >= 0.6 is 0 Å². The summed E-state index contributed by atoms with van der Waals surface area (Å²) in [5.41, 5.74) is 2.26. The van der Waals surface area contributed by atoms with E-state index in [0.29, 0.717) is 0 Å². The molecule has 0 aromatic heterocycles. The summed E-state index contributed by atoms with van der Waals surface area (Å²) >= 11 is 0. The molecule has 3 aromatic carbocycles.